The molecule has 158 valence electrons. The van der Waals surface area contributed by atoms with E-state index in [2.05, 4.69) is 53.6 Å². The van der Waals surface area contributed by atoms with E-state index in [0.717, 1.165) is 31.2 Å². The molecule has 1 aromatic heterocycles. The predicted octanol–water partition coefficient (Wildman–Crippen LogP) is 2.41. The molecule has 0 bridgehead atoms. The number of nitrogens with zero attached hydrogens (tertiary/aromatic N) is 3. The molecule has 0 atom stereocenters. The standard InChI is InChI=1S/C23H29N5O2/c1-27(2)23(18-6-4-3-5-7-18)11-9-22(10-12-23)16-28(21(30)26-22)19-15-25-13-8-17(19)14-20(24)29/h3-8,13,15H,9-12,14,16H2,1-2H3,(H2,24,29)(H,26,30)/t22-,23+. The summed E-state index contributed by atoms with van der Waals surface area (Å²) >= 11 is 0. The Morgan fingerprint density at radius 1 is 1.17 bits per heavy atom. The normalized spacial score (nSPS) is 26.2. The van der Waals surface area contributed by atoms with Gasteiger partial charge in [-0.15, -0.1) is 0 Å². The summed E-state index contributed by atoms with van der Waals surface area (Å²) in [5, 5.41) is 3.25. The van der Waals surface area contributed by atoms with Crippen molar-refractivity contribution in [1.29, 1.82) is 0 Å². The topological polar surface area (TPSA) is 91.6 Å². The molecule has 3 amide bonds. The van der Waals surface area contributed by atoms with Crippen molar-refractivity contribution < 1.29 is 9.59 Å². The molecule has 2 aromatic rings. The molecule has 30 heavy (non-hydrogen) atoms. The van der Waals surface area contributed by atoms with E-state index >= 15 is 0 Å². The summed E-state index contributed by atoms with van der Waals surface area (Å²) in [4.78, 5) is 32.6. The van der Waals surface area contributed by atoms with Gasteiger partial charge in [-0.3, -0.25) is 19.6 Å². The molecule has 4 rings (SSSR count). The molecule has 2 aliphatic rings. The molecule has 2 fully saturated rings. The van der Waals surface area contributed by atoms with Gasteiger partial charge in [0, 0.05) is 11.7 Å². The third-order valence-electron chi connectivity index (χ3n) is 6.82. The van der Waals surface area contributed by atoms with Crippen LogP contribution in [0, 0.1) is 0 Å². The van der Waals surface area contributed by atoms with Crippen LogP contribution in [0.1, 0.15) is 36.8 Å². The molecule has 1 saturated carbocycles. The summed E-state index contributed by atoms with van der Waals surface area (Å²) in [7, 11) is 4.27. The third-order valence-corrected chi connectivity index (χ3v) is 6.82. The van der Waals surface area contributed by atoms with Crippen molar-refractivity contribution in [1.82, 2.24) is 15.2 Å². The summed E-state index contributed by atoms with van der Waals surface area (Å²) in [5.41, 5.74) is 7.80. The lowest BCUT2D eigenvalue weighted by Crippen LogP contribution is -2.54. The molecule has 0 radical (unpaired) electrons. The Labute approximate surface area is 177 Å². The maximum Gasteiger partial charge on any atom is 0.322 e. The van der Waals surface area contributed by atoms with Crippen LogP contribution in [-0.2, 0) is 16.8 Å². The smallest absolute Gasteiger partial charge is 0.322 e. The van der Waals surface area contributed by atoms with Crippen LogP contribution in [0.15, 0.2) is 48.8 Å². The zero-order valence-corrected chi connectivity index (χ0v) is 17.6. The van der Waals surface area contributed by atoms with Crippen LogP contribution in [0.4, 0.5) is 10.5 Å². The Morgan fingerprint density at radius 3 is 2.50 bits per heavy atom. The molecule has 1 aliphatic carbocycles. The summed E-state index contributed by atoms with van der Waals surface area (Å²) in [6, 6.07) is 12.2. The molecule has 2 heterocycles. The molecule has 1 aromatic carbocycles. The number of carbonyl (C=O) groups is 2. The van der Waals surface area contributed by atoms with E-state index in [0.29, 0.717) is 12.2 Å². The van der Waals surface area contributed by atoms with E-state index in [-0.39, 0.29) is 23.5 Å². The van der Waals surface area contributed by atoms with Crippen molar-refractivity contribution in [2.75, 3.05) is 25.5 Å². The van der Waals surface area contributed by atoms with Gasteiger partial charge in [0.15, 0.2) is 0 Å². The SMILES string of the molecule is CN(C)[C@]1(c2ccccc2)CC[C@]2(CC1)CN(c1cnccc1CC(N)=O)C(=O)N2. The number of rotatable bonds is 5. The predicted molar refractivity (Wildman–Crippen MR) is 116 cm³/mol. The number of pyridine rings is 1. The molecule has 7 heteroatoms. The molecule has 1 saturated heterocycles. The zero-order chi connectivity index (χ0) is 21.4. The van der Waals surface area contributed by atoms with Gasteiger partial charge < -0.3 is 11.1 Å². The minimum absolute atomic E-state index is 0.0317. The molecular weight excluding hydrogens is 378 g/mol. The quantitative estimate of drug-likeness (QED) is 0.796. The summed E-state index contributed by atoms with van der Waals surface area (Å²) in [6.07, 6.45) is 7.04. The Bertz CT molecular complexity index is 936. The number of nitrogens with two attached hydrogens (primary N) is 1. The van der Waals surface area contributed by atoms with Gasteiger partial charge in [0.2, 0.25) is 5.91 Å². The van der Waals surface area contributed by atoms with Gasteiger partial charge in [-0.1, -0.05) is 30.3 Å². The van der Waals surface area contributed by atoms with E-state index in [1.807, 2.05) is 6.07 Å². The van der Waals surface area contributed by atoms with Gasteiger partial charge in [-0.05, 0) is 57.0 Å². The molecular formula is C23H29N5O2. The van der Waals surface area contributed by atoms with Gasteiger partial charge >= 0.3 is 6.03 Å². The lowest BCUT2D eigenvalue weighted by atomic mass is 9.69. The van der Waals surface area contributed by atoms with Crippen molar-refractivity contribution >= 4 is 17.6 Å². The van der Waals surface area contributed by atoms with Gasteiger partial charge in [-0.2, -0.15) is 0 Å². The van der Waals surface area contributed by atoms with E-state index < -0.39 is 5.91 Å². The molecule has 1 aliphatic heterocycles. The second-order valence-electron chi connectivity index (χ2n) is 8.74. The van der Waals surface area contributed by atoms with Crippen LogP contribution in [-0.4, -0.2) is 48.0 Å². The van der Waals surface area contributed by atoms with Crippen LogP contribution in [0.2, 0.25) is 0 Å². The minimum atomic E-state index is -0.423. The number of hydrogen-bond donors (Lipinski definition) is 2. The molecule has 3 N–H and O–H groups in total. The average Bonchev–Trinajstić information content (AvgIpc) is 3.05. The largest absolute Gasteiger partial charge is 0.369 e. The van der Waals surface area contributed by atoms with Gasteiger partial charge in [0.1, 0.15) is 0 Å². The number of carbonyl (C=O) groups excluding carboxylic acids is 2. The maximum atomic E-state index is 12.9. The van der Waals surface area contributed by atoms with E-state index in [1.54, 1.807) is 23.4 Å². The fraction of sp³-hybridized carbons (Fsp3) is 0.435. The first-order chi connectivity index (χ1) is 14.4. The fourth-order valence-electron chi connectivity index (χ4n) is 5.07. The van der Waals surface area contributed by atoms with E-state index in [9.17, 15) is 9.59 Å². The second-order valence-corrected chi connectivity index (χ2v) is 8.74. The maximum absolute atomic E-state index is 12.9. The van der Waals surface area contributed by atoms with Crippen molar-refractivity contribution in [3.63, 3.8) is 0 Å². The van der Waals surface area contributed by atoms with Crippen molar-refractivity contribution in [3.8, 4) is 0 Å². The number of nitrogens with one attached hydrogen (secondary N) is 1. The molecule has 7 nitrogen and oxygen atoms in total. The van der Waals surface area contributed by atoms with Crippen LogP contribution in [0.3, 0.4) is 0 Å². The monoisotopic (exact) mass is 407 g/mol. The summed E-state index contributed by atoms with van der Waals surface area (Å²) < 4.78 is 0. The number of amides is 3. The lowest BCUT2D eigenvalue weighted by Gasteiger charge is -2.48. The zero-order valence-electron chi connectivity index (χ0n) is 17.6. The fourth-order valence-corrected chi connectivity index (χ4v) is 5.07. The highest BCUT2D eigenvalue weighted by atomic mass is 16.2. The van der Waals surface area contributed by atoms with Gasteiger partial charge in [0.25, 0.3) is 0 Å². The first-order valence-electron chi connectivity index (χ1n) is 10.4. The summed E-state index contributed by atoms with van der Waals surface area (Å²) in [6.45, 7) is 0.571. The Kier molecular flexibility index (Phi) is 5.24. The van der Waals surface area contributed by atoms with Crippen molar-refractivity contribution in [2.24, 2.45) is 5.73 Å². The average molecular weight is 408 g/mol. The Balaban J connectivity index is 1.56. The number of urea groups is 1. The number of anilines is 1. The molecule has 1 spiro atoms. The van der Waals surface area contributed by atoms with Crippen LogP contribution in [0.5, 0.6) is 0 Å². The number of hydrogen-bond acceptors (Lipinski definition) is 4. The van der Waals surface area contributed by atoms with Crippen LogP contribution < -0.4 is 16.0 Å². The highest BCUT2D eigenvalue weighted by molar-refractivity contribution is 5.96. The van der Waals surface area contributed by atoms with Crippen LogP contribution in [0.25, 0.3) is 0 Å². The number of aromatic nitrogens is 1. The second kappa shape index (κ2) is 7.72. The lowest BCUT2D eigenvalue weighted by molar-refractivity contribution is -0.117. The molecule has 0 unspecified atom stereocenters. The van der Waals surface area contributed by atoms with Crippen LogP contribution >= 0.6 is 0 Å². The Hall–Kier alpha value is -2.93. The summed E-state index contributed by atoms with van der Waals surface area (Å²) in [5.74, 6) is -0.423. The van der Waals surface area contributed by atoms with Crippen molar-refractivity contribution in [2.45, 2.75) is 43.2 Å². The van der Waals surface area contributed by atoms with Gasteiger partial charge in [0.05, 0.1) is 30.4 Å². The van der Waals surface area contributed by atoms with Gasteiger partial charge in [-0.25, -0.2) is 4.79 Å². The highest BCUT2D eigenvalue weighted by Crippen LogP contribution is 2.46. The van der Waals surface area contributed by atoms with E-state index in [1.165, 1.54) is 5.56 Å². The Morgan fingerprint density at radius 2 is 1.87 bits per heavy atom. The third kappa shape index (κ3) is 3.54. The first kappa shape index (κ1) is 20.3. The first-order valence-corrected chi connectivity index (χ1v) is 10.4. The number of benzene rings is 1. The van der Waals surface area contributed by atoms with Crippen molar-refractivity contribution in [3.05, 3.63) is 59.9 Å². The minimum Gasteiger partial charge on any atom is -0.369 e. The van der Waals surface area contributed by atoms with E-state index in [4.69, 9.17) is 5.73 Å². The number of primary amides is 1. The highest BCUT2D eigenvalue weighted by Gasteiger charge is 2.50.